The number of rotatable bonds is 9. The number of methoxy groups -OCH3 is 1. The molecule has 3 heteroatoms. The molecule has 1 atom stereocenters. The second-order valence-electron chi connectivity index (χ2n) is 4.90. The van der Waals surface area contributed by atoms with E-state index in [1.54, 1.807) is 0 Å². The lowest BCUT2D eigenvalue weighted by molar-refractivity contribution is -0.141. The van der Waals surface area contributed by atoms with Gasteiger partial charge in [0.15, 0.2) is 0 Å². The molecular weight excluding hydrogens is 240 g/mol. The van der Waals surface area contributed by atoms with Gasteiger partial charge in [-0.3, -0.25) is 4.79 Å². The van der Waals surface area contributed by atoms with Crippen molar-refractivity contribution in [2.45, 2.75) is 39.0 Å². The highest BCUT2D eigenvalue weighted by Gasteiger charge is 2.08. The third-order valence-corrected chi connectivity index (χ3v) is 3.10. The van der Waals surface area contributed by atoms with Crippen molar-refractivity contribution in [2.24, 2.45) is 5.92 Å². The van der Waals surface area contributed by atoms with Crippen LogP contribution in [0.4, 0.5) is 0 Å². The molecule has 0 N–H and O–H groups in total. The van der Waals surface area contributed by atoms with Gasteiger partial charge in [-0.2, -0.15) is 0 Å². The maximum Gasteiger partial charge on any atom is 0.305 e. The number of esters is 1. The molecule has 0 aromatic heterocycles. The minimum absolute atomic E-state index is 0.111. The summed E-state index contributed by atoms with van der Waals surface area (Å²) in [6, 6.07) is 9.88. The number of benzene rings is 1. The van der Waals surface area contributed by atoms with Gasteiger partial charge in [0, 0.05) is 6.42 Å². The van der Waals surface area contributed by atoms with Crippen molar-refractivity contribution in [2.75, 3.05) is 13.7 Å². The molecule has 1 rings (SSSR count). The van der Waals surface area contributed by atoms with Gasteiger partial charge in [-0.05, 0) is 24.5 Å². The van der Waals surface area contributed by atoms with E-state index in [9.17, 15) is 4.79 Å². The van der Waals surface area contributed by atoms with Crippen molar-refractivity contribution in [1.82, 2.24) is 0 Å². The van der Waals surface area contributed by atoms with Crippen LogP contribution >= 0.6 is 0 Å². The van der Waals surface area contributed by atoms with E-state index in [1.165, 1.54) is 7.11 Å². The third-order valence-electron chi connectivity index (χ3n) is 3.10. The largest absolute Gasteiger partial charge is 0.494 e. The molecule has 0 radical (unpaired) electrons. The Kier molecular flexibility index (Phi) is 7.71. The van der Waals surface area contributed by atoms with Crippen molar-refractivity contribution in [3.8, 4) is 5.75 Å². The molecule has 0 saturated heterocycles. The van der Waals surface area contributed by atoms with Crippen molar-refractivity contribution in [1.29, 1.82) is 0 Å². The first-order valence-electron chi connectivity index (χ1n) is 6.97. The lowest BCUT2D eigenvalue weighted by Gasteiger charge is -2.10. The number of hydrogen-bond acceptors (Lipinski definition) is 3. The number of carbonyl (C=O) groups excluding carboxylic acids is 1. The van der Waals surface area contributed by atoms with E-state index in [-0.39, 0.29) is 5.97 Å². The smallest absolute Gasteiger partial charge is 0.305 e. The summed E-state index contributed by atoms with van der Waals surface area (Å²) in [5, 5.41) is 0. The SMILES string of the molecule is COC(=O)CC(C)CCCCCOc1ccccc1. The van der Waals surface area contributed by atoms with E-state index in [0.717, 1.165) is 38.0 Å². The molecule has 0 saturated carbocycles. The van der Waals surface area contributed by atoms with E-state index < -0.39 is 0 Å². The molecule has 0 aliphatic heterocycles. The highest BCUT2D eigenvalue weighted by atomic mass is 16.5. The predicted octanol–water partition coefficient (Wildman–Crippen LogP) is 3.83. The lowest BCUT2D eigenvalue weighted by Crippen LogP contribution is -2.07. The first kappa shape index (κ1) is 15.5. The quantitative estimate of drug-likeness (QED) is 0.502. The van der Waals surface area contributed by atoms with Crippen molar-refractivity contribution in [3.63, 3.8) is 0 Å². The highest BCUT2D eigenvalue weighted by Crippen LogP contribution is 2.14. The topological polar surface area (TPSA) is 35.5 Å². The molecule has 0 aliphatic rings. The van der Waals surface area contributed by atoms with Crippen LogP contribution in [0.15, 0.2) is 30.3 Å². The van der Waals surface area contributed by atoms with Crippen molar-refractivity contribution < 1.29 is 14.3 Å². The van der Waals surface area contributed by atoms with Crippen LogP contribution in [-0.2, 0) is 9.53 Å². The maximum absolute atomic E-state index is 11.1. The number of carbonyl (C=O) groups is 1. The van der Waals surface area contributed by atoms with Gasteiger partial charge < -0.3 is 9.47 Å². The van der Waals surface area contributed by atoms with Gasteiger partial charge in [-0.15, -0.1) is 0 Å². The first-order chi connectivity index (χ1) is 9.22. The minimum atomic E-state index is -0.111. The minimum Gasteiger partial charge on any atom is -0.494 e. The fraction of sp³-hybridized carbons (Fsp3) is 0.562. The Balaban J connectivity index is 1.98. The van der Waals surface area contributed by atoms with Gasteiger partial charge in [-0.1, -0.05) is 44.4 Å². The zero-order chi connectivity index (χ0) is 13.9. The Morgan fingerprint density at radius 3 is 2.58 bits per heavy atom. The molecular formula is C16H24O3. The van der Waals surface area contributed by atoms with Crippen molar-refractivity contribution >= 4 is 5.97 Å². The van der Waals surface area contributed by atoms with E-state index in [0.29, 0.717) is 12.3 Å². The molecule has 0 spiro atoms. The summed E-state index contributed by atoms with van der Waals surface area (Å²) in [4.78, 5) is 11.1. The van der Waals surface area contributed by atoms with Crippen LogP contribution in [0.5, 0.6) is 5.75 Å². The molecule has 1 aromatic carbocycles. The lowest BCUT2D eigenvalue weighted by atomic mass is 10.00. The van der Waals surface area contributed by atoms with E-state index in [1.807, 2.05) is 30.3 Å². The van der Waals surface area contributed by atoms with Crippen molar-refractivity contribution in [3.05, 3.63) is 30.3 Å². The molecule has 0 amide bonds. The molecule has 0 heterocycles. The zero-order valence-electron chi connectivity index (χ0n) is 11.9. The monoisotopic (exact) mass is 264 g/mol. The van der Waals surface area contributed by atoms with Crippen LogP contribution in [0.3, 0.4) is 0 Å². The van der Waals surface area contributed by atoms with Crippen LogP contribution < -0.4 is 4.74 Å². The number of para-hydroxylation sites is 1. The van der Waals surface area contributed by atoms with E-state index in [2.05, 4.69) is 11.7 Å². The summed E-state index contributed by atoms with van der Waals surface area (Å²) in [5.74, 6) is 1.23. The highest BCUT2D eigenvalue weighted by molar-refractivity contribution is 5.69. The third kappa shape index (κ3) is 7.50. The van der Waals surface area contributed by atoms with Crippen LogP contribution in [0, 0.1) is 5.92 Å². The fourth-order valence-corrected chi connectivity index (χ4v) is 1.95. The summed E-state index contributed by atoms with van der Waals surface area (Å²) in [6.45, 7) is 2.85. The van der Waals surface area contributed by atoms with Gasteiger partial charge >= 0.3 is 5.97 Å². The Bertz CT molecular complexity index is 348. The zero-order valence-corrected chi connectivity index (χ0v) is 11.9. The Labute approximate surface area is 115 Å². The molecule has 0 aliphatic carbocycles. The molecule has 0 bridgehead atoms. The van der Waals surface area contributed by atoms with Gasteiger partial charge in [0.2, 0.25) is 0 Å². The summed E-state index contributed by atoms with van der Waals surface area (Å²) in [5.41, 5.74) is 0. The molecule has 1 unspecified atom stereocenters. The summed E-state index contributed by atoms with van der Waals surface area (Å²) in [7, 11) is 1.44. The second kappa shape index (κ2) is 9.42. The average molecular weight is 264 g/mol. The summed E-state index contributed by atoms with van der Waals surface area (Å²) < 4.78 is 10.3. The Morgan fingerprint density at radius 2 is 1.89 bits per heavy atom. The summed E-state index contributed by atoms with van der Waals surface area (Å²) in [6.07, 6.45) is 4.92. The van der Waals surface area contributed by atoms with Crippen LogP contribution in [0.1, 0.15) is 39.0 Å². The van der Waals surface area contributed by atoms with E-state index in [4.69, 9.17) is 4.74 Å². The van der Waals surface area contributed by atoms with Gasteiger partial charge in [-0.25, -0.2) is 0 Å². The van der Waals surface area contributed by atoms with E-state index >= 15 is 0 Å². The average Bonchev–Trinajstić information content (AvgIpc) is 2.43. The molecule has 106 valence electrons. The fourth-order valence-electron chi connectivity index (χ4n) is 1.95. The van der Waals surface area contributed by atoms with Crippen LogP contribution in [0.25, 0.3) is 0 Å². The number of unbranched alkanes of at least 4 members (excludes halogenated alkanes) is 2. The maximum atomic E-state index is 11.1. The van der Waals surface area contributed by atoms with Crippen LogP contribution in [0.2, 0.25) is 0 Å². The Hall–Kier alpha value is -1.51. The molecule has 19 heavy (non-hydrogen) atoms. The summed E-state index contributed by atoms with van der Waals surface area (Å²) >= 11 is 0. The van der Waals surface area contributed by atoms with Gasteiger partial charge in [0.05, 0.1) is 13.7 Å². The Morgan fingerprint density at radius 1 is 1.16 bits per heavy atom. The predicted molar refractivity (Wildman–Crippen MR) is 76.2 cm³/mol. The molecule has 0 fully saturated rings. The van der Waals surface area contributed by atoms with Crippen LogP contribution in [-0.4, -0.2) is 19.7 Å². The number of hydrogen-bond donors (Lipinski definition) is 0. The molecule has 3 nitrogen and oxygen atoms in total. The van der Waals surface area contributed by atoms with Gasteiger partial charge in [0.1, 0.15) is 5.75 Å². The van der Waals surface area contributed by atoms with Gasteiger partial charge in [0.25, 0.3) is 0 Å². The number of ether oxygens (including phenoxy) is 2. The standard InChI is InChI=1S/C16H24O3/c1-14(13-16(17)18-2)9-5-4-8-12-19-15-10-6-3-7-11-15/h3,6-7,10-11,14H,4-5,8-9,12-13H2,1-2H3. The second-order valence-corrected chi connectivity index (χ2v) is 4.90. The first-order valence-corrected chi connectivity index (χ1v) is 6.97. The normalized spacial score (nSPS) is 11.9. The molecule has 1 aromatic rings.